The Balaban J connectivity index is 0.000000512. The molecule has 180 valence electrons. The highest BCUT2D eigenvalue weighted by molar-refractivity contribution is 7.73. The fourth-order valence-electron chi connectivity index (χ4n) is 2.55. The minimum Gasteiger partial charge on any atom is -0.394 e. The lowest BCUT2D eigenvalue weighted by Gasteiger charge is -2.17. The highest BCUT2D eigenvalue weighted by Crippen LogP contribution is 2.33. The topological polar surface area (TPSA) is 142 Å². The first-order valence-electron chi connectivity index (χ1n) is 10.9. The summed E-state index contributed by atoms with van der Waals surface area (Å²) in [6.45, 7) is 4.88. The molecule has 2 atom stereocenters. The molecule has 0 unspecified atom stereocenters. The molecule has 0 aromatic heterocycles. The van der Waals surface area contributed by atoms with Crippen molar-refractivity contribution in [3.63, 3.8) is 0 Å². The summed E-state index contributed by atoms with van der Waals surface area (Å²) >= 11 is 0. The van der Waals surface area contributed by atoms with Crippen molar-refractivity contribution in [2.75, 3.05) is 38.9 Å². The first-order valence-corrected chi connectivity index (χ1v) is 12.5. The van der Waals surface area contributed by atoms with Gasteiger partial charge in [-0.2, -0.15) is 0 Å². The Kier molecular flexibility index (Phi) is 20.0. The van der Waals surface area contributed by atoms with Crippen molar-refractivity contribution in [1.29, 1.82) is 0 Å². The Morgan fingerprint density at radius 1 is 0.906 bits per heavy atom. The van der Waals surface area contributed by atoms with Gasteiger partial charge in [-0.1, -0.05) is 74.0 Å². The Morgan fingerprint density at radius 2 is 1.38 bits per heavy atom. The van der Waals surface area contributed by atoms with Crippen LogP contribution in [0.15, 0.2) is 60.7 Å². The summed E-state index contributed by atoms with van der Waals surface area (Å²) in [4.78, 5) is 9.68. The molecule has 2 rings (SSSR count). The molecule has 0 aliphatic carbocycles. The van der Waals surface area contributed by atoms with Crippen LogP contribution in [0.5, 0.6) is 0 Å². The van der Waals surface area contributed by atoms with E-state index in [9.17, 15) is 4.79 Å². The maximum Gasteiger partial charge on any atom is 0.122 e. The van der Waals surface area contributed by atoms with Gasteiger partial charge in [-0.15, -0.1) is 0 Å². The standard InChI is InChI=1S/C15H17P.C5H10O4.C4H13N3/c1-2-13-16(14-9-5-3-6-10-14)15-11-7-4-8-12-15;6-2-1-4(8)5(9)3-7;5-1-3-7-4-2-6/h3-12H,2,13H2,1H3;2,4-5,7-9H,1,3H2;7H,1-6H2/t;4-,5+;/m.0./s1. The number of hydrogen-bond donors (Lipinski definition) is 6. The zero-order valence-corrected chi connectivity index (χ0v) is 19.9. The minimum absolute atomic E-state index is 0.137. The van der Waals surface area contributed by atoms with E-state index in [1.54, 1.807) is 0 Å². The van der Waals surface area contributed by atoms with Crippen LogP contribution in [0.1, 0.15) is 19.8 Å². The molecular weight excluding hydrogens is 425 g/mol. The largest absolute Gasteiger partial charge is 0.394 e. The molecule has 8 heteroatoms. The predicted molar refractivity (Wildman–Crippen MR) is 135 cm³/mol. The van der Waals surface area contributed by atoms with Gasteiger partial charge in [0, 0.05) is 32.6 Å². The maximum absolute atomic E-state index is 9.68. The average molecular weight is 466 g/mol. The molecule has 7 nitrogen and oxygen atoms in total. The number of carbonyl (C=O) groups is 1. The highest BCUT2D eigenvalue weighted by Gasteiger charge is 2.13. The molecule has 0 aliphatic heterocycles. The second-order valence-electron chi connectivity index (χ2n) is 6.87. The molecular formula is C24H40N3O4P. The predicted octanol–water partition coefficient (Wildman–Crippen LogP) is 0.312. The first-order chi connectivity index (χ1) is 15.5. The smallest absolute Gasteiger partial charge is 0.122 e. The Bertz CT molecular complexity index is 621. The zero-order chi connectivity index (χ0) is 24.0. The number of nitrogens with two attached hydrogens (primary N) is 2. The van der Waals surface area contributed by atoms with Crippen molar-refractivity contribution >= 4 is 24.8 Å². The number of aliphatic hydroxyl groups is 3. The molecule has 8 N–H and O–H groups in total. The van der Waals surface area contributed by atoms with E-state index in [0.29, 0.717) is 19.4 Å². The normalized spacial score (nSPS) is 12.1. The molecule has 32 heavy (non-hydrogen) atoms. The van der Waals surface area contributed by atoms with Gasteiger partial charge in [0.2, 0.25) is 0 Å². The van der Waals surface area contributed by atoms with E-state index >= 15 is 0 Å². The number of hydrogen-bond acceptors (Lipinski definition) is 7. The third-order valence-electron chi connectivity index (χ3n) is 4.19. The quantitative estimate of drug-likeness (QED) is 0.151. The van der Waals surface area contributed by atoms with E-state index < -0.39 is 18.8 Å². The number of aliphatic hydroxyl groups excluding tert-OH is 3. The SMILES string of the molecule is CCCP(c1ccccc1)c1ccccc1.NCCNCCN.O=CC[C@H](O)[C@H](O)CO. The van der Waals surface area contributed by atoms with E-state index in [-0.39, 0.29) is 14.3 Å². The van der Waals surface area contributed by atoms with Crippen LogP contribution in [0.25, 0.3) is 0 Å². The molecule has 2 aromatic carbocycles. The van der Waals surface area contributed by atoms with E-state index in [0.717, 1.165) is 13.1 Å². The Morgan fingerprint density at radius 3 is 1.72 bits per heavy atom. The highest BCUT2D eigenvalue weighted by atomic mass is 31.1. The van der Waals surface area contributed by atoms with Crippen LogP contribution in [0.2, 0.25) is 0 Å². The number of nitrogens with one attached hydrogen (secondary N) is 1. The van der Waals surface area contributed by atoms with Gasteiger partial charge in [0.1, 0.15) is 12.4 Å². The zero-order valence-electron chi connectivity index (χ0n) is 19.0. The van der Waals surface area contributed by atoms with Crippen LogP contribution in [-0.2, 0) is 4.79 Å². The number of carbonyl (C=O) groups excluding carboxylic acids is 1. The van der Waals surface area contributed by atoms with E-state index in [1.165, 1.54) is 23.2 Å². The average Bonchev–Trinajstić information content (AvgIpc) is 2.84. The van der Waals surface area contributed by atoms with Crippen molar-refractivity contribution in [1.82, 2.24) is 5.32 Å². The van der Waals surface area contributed by atoms with E-state index in [4.69, 9.17) is 26.8 Å². The monoisotopic (exact) mass is 465 g/mol. The van der Waals surface area contributed by atoms with E-state index in [2.05, 4.69) is 72.9 Å². The molecule has 0 bridgehead atoms. The van der Waals surface area contributed by atoms with Gasteiger partial charge in [0.25, 0.3) is 0 Å². The fourth-order valence-corrected chi connectivity index (χ4v) is 4.88. The van der Waals surface area contributed by atoms with Crippen LogP contribution < -0.4 is 27.4 Å². The molecule has 0 spiro atoms. The van der Waals surface area contributed by atoms with Gasteiger partial charge in [-0.05, 0) is 24.7 Å². The molecule has 2 aromatic rings. The van der Waals surface area contributed by atoms with Gasteiger partial charge in [0.15, 0.2) is 0 Å². The molecule has 0 fully saturated rings. The van der Waals surface area contributed by atoms with Crippen LogP contribution in [0, 0.1) is 0 Å². The molecule has 0 amide bonds. The van der Waals surface area contributed by atoms with Crippen molar-refractivity contribution in [3.05, 3.63) is 60.7 Å². The summed E-state index contributed by atoms with van der Waals surface area (Å²) < 4.78 is 0. The van der Waals surface area contributed by atoms with Crippen molar-refractivity contribution in [2.45, 2.75) is 32.0 Å². The fraction of sp³-hybridized carbons (Fsp3) is 0.458. The summed E-state index contributed by atoms with van der Waals surface area (Å²) in [6.07, 6.45) is 0.548. The Hall–Kier alpha value is -1.70. The second kappa shape index (κ2) is 21.2. The van der Waals surface area contributed by atoms with E-state index in [1.807, 2.05) is 0 Å². The van der Waals surface area contributed by atoms with Gasteiger partial charge in [0.05, 0.1) is 12.7 Å². The lowest BCUT2D eigenvalue weighted by Crippen LogP contribution is -2.29. The first kappa shape index (κ1) is 30.3. The number of rotatable bonds is 12. The molecule has 0 saturated heterocycles. The van der Waals surface area contributed by atoms with Crippen LogP contribution in [-0.4, -0.2) is 72.8 Å². The summed E-state index contributed by atoms with van der Waals surface area (Å²) in [7, 11) is -0.151. The molecule has 0 heterocycles. The molecule has 0 aliphatic rings. The number of aldehydes is 1. The van der Waals surface area contributed by atoms with Crippen LogP contribution in [0.4, 0.5) is 0 Å². The van der Waals surface area contributed by atoms with Crippen LogP contribution >= 0.6 is 7.92 Å². The third kappa shape index (κ3) is 14.4. The lowest BCUT2D eigenvalue weighted by molar-refractivity contribution is -0.111. The van der Waals surface area contributed by atoms with Crippen molar-refractivity contribution < 1.29 is 20.1 Å². The molecule has 0 saturated carbocycles. The number of benzene rings is 2. The maximum atomic E-state index is 9.68. The van der Waals surface area contributed by atoms with Gasteiger partial charge < -0.3 is 36.9 Å². The Labute approximate surface area is 193 Å². The minimum atomic E-state index is -1.20. The van der Waals surface area contributed by atoms with Crippen molar-refractivity contribution in [3.8, 4) is 0 Å². The van der Waals surface area contributed by atoms with Gasteiger partial charge >= 0.3 is 0 Å². The third-order valence-corrected chi connectivity index (χ3v) is 6.93. The summed E-state index contributed by atoms with van der Waals surface area (Å²) in [5.74, 6) is 0. The second-order valence-corrected chi connectivity index (χ2v) is 9.21. The van der Waals surface area contributed by atoms with Gasteiger partial charge in [-0.3, -0.25) is 0 Å². The summed E-state index contributed by atoms with van der Waals surface area (Å²) in [5, 5.41) is 31.5. The van der Waals surface area contributed by atoms with Gasteiger partial charge in [-0.25, -0.2) is 0 Å². The summed E-state index contributed by atoms with van der Waals surface area (Å²) in [5.41, 5.74) is 10.3. The van der Waals surface area contributed by atoms with Crippen LogP contribution in [0.3, 0.4) is 0 Å². The summed E-state index contributed by atoms with van der Waals surface area (Å²) in [6, 6.07) is 21.8. The molecule has 0 radical (unpaired) electrons. The van der Waals surface area contributed by atoms with Crippen molar-refractivity contribution in [2.24, 2.45) is 11.5 Å². The lowest BCUT2D eigenvalue weighted by atomic mass is 10.2.